The molecule has 45 heavy (non-hydrogen) atoms. The highest BCUT2D eigenvalue weighted by Gasteiger charge is 2.59. The number of nitrogens with zero attached hydrogens (tertiary/aromatic N) is 1. The van der Waals surface area contributed by atoms with Gasteiger partial charge in [-0.05, 0) is 53.8 Å². The number of benzene rings is 4. The number of methoxy groups -OCH3 is 1. The lowest BCUT2D eigenvalue weighted by Crippen LogP contribution is -2.47. The van der Waals surface area contributed by atoms with Crippen molar-refractivity contribution in [1.29, 1.82) is 0 Å². The van der Waals surface area contributed by atoms with Crippen LogP contribution in [0.15, 0.2) is 115 Å². The monoisotopic (exact) mass is 599 g/mol. The number of aromatic nitrogens is 1. The predicted octanol–water partition coefficient (Wildman–Crippen LogP) is 7.90. The summed E-state index contributed by atoms with van der Waals surface area (Å²) < 4.78 is 20.5. The van der Waals surface area contributed by atoms with Gasteiger partial charge in [-0.2, -0.15) is 0 Å². The molecule has 1 aromatic heterocycles. The molecule has 0 radical (unpaired) electrons. The van der Waals surface area contributed by atoms with Crippen molar-refractivity contribution in [3.63, 3.8) is 0 Å². The van der Waals surface area contributed by atoms with E-state index < -0.39 is 11.2 Å². The maximum Gasteiger partial charge on any atom is 0.247 e. The quantitative estimate of drug-likeness (QED) is 0.199. The van der Waals surface area contributed by atoms with Crippen LogP contribution in [0.2, 0.25) is 0 Å². The molecule has 226 valence electrons. The summed E-state index contributed by atoms with van der Waals surface area (Å²) in [6.45, 7) is 4.46. The first-order chi connectivity index (χ1) is 21.7. The van der Waals surface area contributed by atoms with E-state index in [-0.39, 0.29) is 23.5 Å². The Bertz CT molecular complexity index is 1980. The first-order valence-electron chi connectivity index (χ1n) is 15.1. The fourth-order valence-electron chi connectivity index (χ4n) is 7.15. The second-order valence-corrected chi connectivity index (χ2v) is 12.7. The smallest absolute Gasteiger partial charge is 0.247 e. The minimum absolute atomic E-state index is 0.113. The number of H-pyrrole nitrogens is 1. The third kappa shape index (κ3) is 4.62. The molecule has 0 unspecified atom stereocenters. The van der Waals surface area contributed by atoms with Crippen LogP contribution in [0.25, 0.3) is 10.9 Å². The molecule has 1 aliphatic carbocycles. The van der Waals surface area contributed by atoms with Gasteiger partial charge in [0, 0.05) is 51.8 Å². The molecule has 0 saturated heterocycles. The largest absolute Gasteiger partial charge is 0.497 e. The number of aromatic amines is 1. The molecule has 0 spiro atoms. The van der Waals surface area contributed by atoms with Gasteiger partial charge in [0.25, 0.3) is 0 Å². The Kier molecular flexibility index (Phi) is 6.84. The van der Waals surface area contributed by atoms with Crippen LogP contribution in [-0.2, 0) is 21.5 Å². The lowest BCUT2D eigenvalue weighted by Gasteiger charge is -2.40. The number of anilines is 2. The molecular weight excluding hydrogens is 565 g/mol. The zero-order chi connectivity index (χ0) is 31.3. The van der Waals surface area contributed by atoms with E-state index in [1.54, 1.807) is 24.3 Å². The summed E-state index contributed by atoms with van der Waals surface area (Å²) in [6, 6.07) is 29.8. The van der Waals surface area contributed by atoms with Gasteiger partial charge >= 0.3 is 0 Å². The van der Waals surface area contributed by atoms with Gasteiger partial charge < -0.3 is 19.9 Å². The molecule has 7 heteroatoms. The summed E-state index contributed by atoms with van der Waals surface area (Å²) in [5.74, 6) is -0.0634. The molecule has 1 amide bonds. The van der Waals surface area contributed by atoms with E-state index in [9.17, 15) is 4.79 Å². The Morgan fingerprint density at radius 2 is 1.60 bits per heavy atom. The van der Waals surface area contributed by atoms with E-state index in [4.69, 9.17) is 4.74 Å². The number of carbonyl (C=O) groups excluding carboxylic acids is 2. The number of para-hydroxylation sites is 2. The number of carbonyl (C=O) groups is 2. The van der Waals surface area contributed by atoms with Gasteiger partial charge in [-0.1, -0.05) is 74.5 Å². The summed E-state index contributed by atoms with van der Waals surface area (Å²) in [7, 11) is 1.61. The number of allylic oxidation sites excluding steroid dienone is 1. The third-order valence-corrected chi connectivity index (χ3v) is 9.05. The van der Waals surface area contributed by atoms with Gasteiger partial charge in [0.05, 0.1) is 19.2 Å². The Labute approximate surface area is 261 Å². The zero-order valence-electron chi connectivity index (χ0n) is 25.5. The summed E-state index contributed by atoms with van der Waals surface area (Å²) in [5.41, 5.74) is 3.21. The van der Waals surface area contributed by atoms with E-state index in [1.165, 1.54) is 6.07 Å². The predicted molar refractivity (Wildman–Crippen MR) is 175 cm³/mol. The molecular formula is C38H34FN3O3. The Morgan fingerprint density at radius 1 is 0.867 bits per heavy atom. The van der Waals surface area contributed by atoms with Crippen molar-refractivity contribution in [2.75, 3.05) is 17.3 Å². The molecule has 5 aromatic rings. The number of hydrogen-bond donors (Lipinski definition) is 2. The molecule has 1 aliphatic heterocycles. The standard InChI is InChI=1S/C38H34FN3O3/c1-37(2)20-31(41-25-16-18-26(45-3)19-17-25)34(33(43)21-37)38(29-22-40-35-27(29)12-9-14-30(35)39)28-13-7-8-15-32(28)42(36(38)44)23-24-10-5-4-6-11-24/h4-19,22,40-41H,20-21,23H2,1-3H3/t38-/m1/s1. The summed E-state index contributed by atoms with van der Waals surface area (Å²) in [4.78, 5) is 34.9. The van der Waals surface area contributed by atoms with Gasteiger partial charge in [-0.25, -0.2) is 4.39 Å². The second-order valence-electron chi connectivity index (χ2n) is 12.7. The topological polar surface area (TPSA) is 74.4 Å². The number of halogens is 1. The number of nitrogens with one attached hydrogen (secondary N) is 2. The highest BCUT2D eigenvalue weighted by atomic mass is 19.1. The maximum absolute atomic E-state index is 15.4. The molecule has 0 saturated carbocycles. The average molecular weight is 600 g/mol. The van der Waals surface area contributed by atoms with E-state index in [0.29, 0.717) is 52.0 Å². The summed E-state index contributed by atoms with van der Waals surface area (Å²) >= 11 is 0. The highest BCUT2D eigenvalue weighted by Crippen LogP contribution is 2.56. The number of fused-ring (bicyclic) bond motifs is 2. The Morgan fingerprint density at radius 3 is 2.36 bits per heavy atom. The van der Waals surface area contributed by atoms with Gasteiger partial charge in [0.15, 0.2) is 5.78 Å². The highest BCUT2D eigenvalue weighted by molar-refractivity contribution is 6.21. The fraction of sp³-hybridized carbons (Fsp3) is 0.211. The lowest BCUT2D eigenvalue weighted by molar-refractivity contribution is -0.125. The van der Waals surface area contributed by atoms with Crippen molar-refractivity contribution in [3.8, 4) is 5.75 Å². The van der Waals surface area contributed by atoms with Crippen molar-refractivity contribution in [2.45, 2.75) is 38.6 Å². The van der Waals surface area contributed by atoms with Crippen molar-refractivity contribution < 1.29 is 18.7 Å². The second kappa shape index (κ2) is 10.8. The first-order valence-corrected chi connectivity index (χ1v) is 15.1. The van der Waals surface area contributed by atoms with Gasteiger partial charge in [0.2, 0.25) is 5.91 Å². The molecule has 0 fully saturated rings. The van der Waals surface area contributed by atoms with Crippen LogP contribution in [0.3, 0.4) is 0 Å². The first kappa shape index (κ1) is 28.6. The van der Waals surface area contributed by atoms with E-state index in [0.717, 1.165) is 16.9 Å². The number of ether oxygens (including phenoxy) is 1. The minimum atomic E-state index is -1.53. The molecule has 2 aliphatic rings. The lowest BCUT2D eigenvalue weighted by atomic mass is 9.62. The molecule has 6 nitrogen and oxygen atoms in total. The SMILES string of the molecule is COc1ccc(NC2=C([C@@]3(c4c[nH]c5c(F)cccc45)C(=O)N(Cc4ccccc4)c4ccccc43)C(=O)CC(C)(C)C2)cc1. The van der Waals surface area contributed by atoms with E-state index in [2.05, 4.69) is 24.1 Å². The number of Topliss-reactive ketones (excluding diaryl/α,β-unsaturated/α-hetero) is 1. The minimum Gasteiger partial charge on any atom is -0.497 e. The van der Waals surface area contributed by atoms with E-state index >= 15 is 9.18 Å². The number of amides is 1. The number of rotatable bonds is 7. The molecule has 7 rings (SSSR count). The summed E-state index contributed by atoms with van der Waals surface area (Å²) in [6.07, 6.45) is 2.51. The zero-order valence-corrected chi connectivity index (χ0v) is 25.5. The maximum atomic E-state index is 15.4. The Balaban J connectivity index is 1.54. The third-order valence-electron chi connectivity index (χ3n) is 9.05. The van der Waals surface area contributed by atoms with Crippen molar-refractivity contribution in [1.82, 2.24) is 4.98 Å². The normalized spacial score (nSPS) is 19.2. The van der Waals surface area contributed by atoms with E-state index in [1.807, 2.05) is 84.9 Å². The van der Waals surface area contributed by atoms with Crippen LogP contribution in [-0.4, -0.2) is 23.8 Å². The van der Waals surface area contributed by atoms with Crippen LogP contribution in [0, 0.1) is 11.2 Å². The molecule has 1 atom stereocenters. The van der Waals surface area contributed by atoms with Gasteiger partial charge in [-0.15, -0.1) is 0 Å². The van der Waals surface area contributed by atoms with Crippen molar-refractivity contribution >= 4 is 34.0 Å². The Hall–Kier alpha value is -5.17. The van der Waals surface area contributed by atoms with Crippen LogP contribution < -0.4 is 15.0 Å². The van der Waals surface area contributed by atoms with Crippen LogP contribution in [0.4, 0.5) is 15.8 Å². The van der Waals surface area contributed by atoms with Crippen LogP contribution >= 0.6 is 0 Å². The molecule has 2 heterocycles. The van der Waals surface area contributed by atoms with Crippen LogP contribution in [0.5, 0.6) is 5.75 Å². The number of hydrogen-bond acceptors (Lipinski definition) is 4. The van der Waals surface area contributed by atoms with Gasteiger partial charge in [-0.3, -0.25) is 9.59 Å². The molecule has 4 aromatic carbocycles. The molecule has 2 N–H and O–H groups in total. The number of ketones is 1. The van der Waals surface area contributed by atoms with Gasteiger partial charge in [0.1, 0.15) is 17.0 Å². The fourth-order valence-corrected chi connectivity index (χ4v) is 7.15. The molecule has 0 bridgehead atoms. The van der Waals surface area contributed by atoms with Crippen molar-refractivity contribution in [3.05, 3.63) is 137 Å². The van der Waals surface area contributed by atoms with Crippen LogP contribution in [0.1, 0.15) is 43.4 Å². The average Bonchev–Trinajstić information content (AvgIpc) is 3.56. The summed E-state index contributed by atoms with van der Waals surface area (Å²) in [5, 5.41) is 4.12. The van der Waals surface area contributed by atoms with Crippen molar-refractivity contribution in [2.24, 2.45) is 5.41 Å².